The highest BCUT2D eigenvalue weighted by Gasteiger charge is 2.23. The number of nitrogens with zero attached hydrogens (tertiary/aromatic N) is 3. The Morgan fingerprint density at radius 2 is 0.904 bits per heavy atom. The van der Waals surface area contributed by atoms with Crippen molar-refractivity contribution in [2.45, 2.75) is 6.04 Å². The van der Waals surface area contributed by atoms with E-state index in [9.17, 15) is 0 Å². The van der Waals surface area contributed by atoms with Crippen molar-refractivity contribution in [2.24, 2.45) is 0 Å². The summed E-state index contributed by atoms with van der Waals surface area (Å²) in [5, 5.41) is 5.46. The largest absolute Gasteiger partial charge is 0.455 e. The molecule has 52 heavy (non-hydrogen) atoms. The van der Waals surface area contributed by atoms with E-state index >= 15 is 0 Å². The van der Waals surface area contributed by atoms with Gasteiger partial charge < -0.3 is 9.73 Å². The highest BCUT2D eigenvalue weighted by atomic mass is 16.3. The zero-order valence-electron chi connectivity index (χ0n) is 28.2. The van der Waals surface area contributed by atoms with E-state index in [-0.39, 0.29) is 0 Å². The van der Waals surface area contributed by atoms with Crippen molar-refractivity contribution in [1.29, 1.82) is 0 Å². The standard InChI is InChI=1S/C47H32N4O/c1-3-9-30(10-4-1)31-19-25-37(26-20-31)46-49-45(36-11-5-2-6-12-36)50-47(51-46)43-38(27-28-40-39-13-7-8-14-42(39)52-44(40)43)34-21-15-32(16-22-34)33-17-23-35(24-18-33)41-29-48-41/h1-28,41,48H,29H2. The molecule has 1 atom stereocenters. The van der Waals surface area contributed by atoms with Crippen LogP contribution in [0.1, 0.15) is 11.6 Å². The lowest BCUT2D eigenvalue weighted by molar-refractivity contribution is 0.669. The SMILES string of the molecule is c1ccc(-c2ccc(-c3nc(-c4ccccc4)nc(-c4c(-c5ccc(-c6ccc(C7CN7)cc6)cc5)ccc5c4oc4ccccc45)n3)cc2)cc1. The zero-order valence-corrected chi connectivity index (χ0v) is 28.2. The molecule has 1 aliphatic heterocycles. The first-order valence-corrected chi connectivity index (χ1v) is 17.6. The van der Waals surface area contributed by atoms with Gasteiger partial charge in [0.2, 0.25) is 0 Å². The monoisotopic (exact) mass is 668 g/mol. The number of aromatic nitrogens is 3. The summed E-state index contributed by atoms with van der Waals surface area (Å²) in [4.78, 5) is 15.4. The van der Waals surface area contributed by atoms with Crippen molar-refractivity contribution in [1.82, 2.24) is 20.3 Å². The molecule has 1 unspecified atom stereocenters. The first-order valence-electron chi connectivity index (χ1n) is 17.6. The highest BCUT2D eigenvalue weighted by molar-refractivity contribution is 6.12. The minimum Gasteiger partial charge on any atom is -0.455 e. The van der Waals surface area contributed by atoms with Gasteiger partial charge in [0.1, 0.15) is 11.2 Å². The van der Waals surface area contributed by atoms with E-state index in [1.165, 1.54) is 11.1 Å². The fourth-order valence-corrected chi connectivity index (χ4v) is 7.07. The predicted molar refractivity (Wildman–Crippen MR) is 210 cm³/mol. The Balaban J connectivity index is 1.15. The smallest absolute Gasteiger partial charge is 0.168 e. The van der Waals surface area contributed by atoms with E-state index in [1.54, 1.807) is 0 Å². The van der Waals surface area contributed by atoms with Crippen LogP contribution < -0.4 is 5.32 Å². The van der Waals surface area contributed by atoms with Crippen LogP contribution in [-0.4, -0.2) is 21.5 Å². The molecule has 0 bridgehead atoms. The molecular weight excluding hydrogens is 637 g/mol. The third-order valence-corrected chi connectivity index (χ3v) is 9.94. The fourth-order valence-electron chi connectivity index (χ4n) is 7.07. The van der Waals surface area contributed by atoms with Crippen molar-refractivity contribution in [2.75, 3.05) is 6.54 Å². The lowest BCUT2D eigenvalue weighted by atomic mass is 9.94. The van der Waals surface area contributed by atoms with Gasteiger partial charge in [-0.3, -0.25) is 0 Å². The fraction of sp³-hybridized carbons (Fsp3) is 0.0426. The molecule has 0 radical (unpaired) electrons. The predicted octanol–water partition coefficient (Wildman–Crippen LogP) is 11.4. The number of rotatable bonds is 7. The van der Waals surface area contributed by atoms with Gasteiger partial charge in [-0.05, 0) is 51.1 Å². The van der Waals surface area contributed by atoms with Crippen LogP contribution >= 0.6 is 0 Å². The Bertz CT molecular complexity index is 2700. The molecule has 0 aliphatic carbocycles. The number of hydrogen-bond donors (Lipinski definition) is 1. The zero-order chi connectivity index (χ0) is 34.4. The second-order valence-electron chi connectivity index (χ2n) is 13.2. The van der Waals surface area contributed by atoms with E-state index in [0.717, 1.165) is 73.0 Å². The molecule has 0 spiro atoms. The molecule has 1 N–H and O–H groups in total. The van der Waals surface area contributed by atoms with Crippen LogP contribution in [0.4, 0.5) is 0 Å². The van der Waals surface area contributed by atoms with E-state index in [4.69, 9.17) is 19.4 Å². The van der Waals surface area contributed by atoms with Crippen molar-refractivity contribution in [3.05, 3.63) is 175 Å². The van der Waals surface area contributed by atoms with Crippen LogP contribution in [0.3, 0.4) is 0 Å². The summed E-state index contributed by atoms with van der Waals surface area (Å²) >= 11 is 0. The number of fused-ring (bicyclic) bond motifs is 3. The van der Waals surface area contributed by atoms with E-state index in [1.807, 2.05) is 54.6 Å². The normalized spacial score (nSPS) is 13.8. The lowest BCUT2D eigenvalue weighted by Crippen LogP contribution is -2.01. The Morgan fingerprint density at radius 1 is 0.423 bits per heavy atom. The molecular formula is C47H32N4O. The molecule has 0 saturated carbocycles. The molecule has 5 nitrogen and oxygen atoms in total. The van der Waals surface area contributed by atoms with Crippen molar-refractivity contribution in [3.63, 3.8) is 0 Å². The second kappa shape index (κ2) is 12.6. The van der Waals surface area contributed by atoms with Crippen molar-refractivity contribution >= 4 is 21.9 Å². The number of nitrogens with one attached hydrogen (secondary N) is 1. The van der Waals surface area contributed by atoms with Gasteiger partial charge in [0.15, 0.2) is 17.5 Å². The topological polar surface area (TPSA) is 73.8 Å². The summed E-state index contributed by atoms with van der Waals surface area (Å²) in [7, 11) is 0. The molecule has 9 aromatic rings. The van der Waals surface area contributed by atoms with Crippen molar-refractivity contribution in [3.8, 4) is 67.5 Å². The summed E-state index contributed by atoms with van der Waals surface area (Å²) in [5.41, 5.74) is 12.3. The first-order chi connectivity index (χ1) is 25.7. The van der Waals surface area contributed by atoms with E-state index in [0.29, 0.717) is 23.5 Å². The summed E-state index contributed by atoms with van der Waals surface area (Å²) in [6.07, 6.45) is 0. The van der Waals surface area contributed by atoms with Gasteiger partial charge >= 0.3 is 0 Å². The molecule has 7 aromatic carbocycles. The van der Waals surface area contributed by atoms with Crippen LogP contribution in [0, 0.1) is 0 Å². The molecule has 0 amide bonds. The number of hydrogen-bond acceptors (Lipinski definition) is 5. The molecule has 10 rings (SSSR count). The van der Waals surface area contributed by atoms with Crippen LogP contribution in [0.15, 0.2) is 174 Å². The maximum Gasteiger partial charge on any atom is 0.168 e. The summed E-state index contributed by atoms with van der Waals surface area (Å²) in [6.45, 7) is 1.06. The van der Waals surface area contributed by atoms with Gasteiger partial charge in [0.05, 0.1) is 5.56 Å². The second-order valence-corrected chi connectivity index (χ2v) is 13.2. The average molecular weight is 669 g/mol. The molecule has 246 valence electrons. The minimum atomic E-state index is 0.495. The summed E-state index contributed by atoms with van der Waals surface area (Å²) in [6, 6.07) is 59.5. The third-order valence-electron chi connectivity index (χ3n) is 9.94. The van der Waals surface area contributed by atoms with Gasteiger partial charge in [-0.1, -0.05) is 158 Å². The molecule has 1 fully saturated rings. The average Bonchev–Trinajstić information content (AvgIpc) is 4.01. The van der Waals surface area contributed by atoms with Crippen LogP contribution in [0.25, 0.3) is 89.5 Å². The first kappa shape index (κ1) is 30.2. The number of benzene rings is 7. The quantitative estimate of drug-likeness (QED) is 0.171. The molecule has 3 heterocycles. The van der Waals surface area contributed by atoms with Gasteiger partial charge in [0, 0.05) is 34.5 Å². The minimum absolute atomic E-state index is 0.495. The molecule has 5 heteroatoms. The molecule has 2 aromatic heterocycles. The Morgan fingerprint density at radius 3 is 1.54 bits per heavy atom. The molecule has 1 saturated heterocycles. The lowest BCUT2D eigenvalue weighted by Gasteiger charge is -2.13. The third kappa shape index (κ3) is 5.54. The Labute approximate surface area is 301 Å². The molecule has 1 aliphatic rings. The number of furan rings is 1. The summed E-state index contributed by atoms with van der Waals surface area (Å²) < 4.78 is 6.68. The van der Waals surface area contributed by atoms with Gasteiger partial charge in [-0.2, -0.15) is 0 Å². The van der Waals surface area contributed by atoms with E-state index < -0.39 is 0 Å². The van der Waals surface area contributed by atoms with E-state index in [2.05, 4.69) is 121 Å². The van der Waals surface area contributed by atoms with Gasteiger partial charge in [0.25, 0.3) is 0 Å². The van der Waals surface area contributed by atoms with Crippen LogP contribution in [-0.2, 0) is 0 Å². The Kier molecular flexibility index (Phi) is 7.29. The van der Waals surface area contributed by atoms with Crippen molar-refractivity contribution < 1.29 is 4.42 Å². The number of para-hydroxylation sites is 1. The van der Waals surface area contributed by atoms with Gasteiger partial charge in [-0.25, -0.2) is 15.0 Å². The summed E-state index contributed by atoms with van der Waals surface area (Å²) in [5.74, 6) is 1.76. The highest BCUT2D eigenvalue weighted by Crippen LogP contribution is 2.42. The van der Waals surface area contributed by atoms with Crippen LogP contribution in [0.2, 0.25) is 0 Å². The van der Waals surface area contributed by atoms with Crippen LogP contribution in [0.5, 0.6) is 0 Å². The maximum atomic E-state index is 6.68. The Hall–Kier alpha value is -6.69. The maximum absolute atomic E-state index is 6.68. The van der Waals surface area contributed by atoms with Gasteiger partial charge in [-0.15, -0.1) is 0 Å².